The summed E-state index contributed by atoms with van der Waals surface area (Å²) in [5, 5.41) is 7.12. The highest BCUT2D eigenvalue weighted by Gasteiger charge is 2.07. The molecular weight excluding hydrogens is 222 g/mol. The molecule has 0 aliphatic rings. The van der Waals surface area contributed by atoms with Crippen LogP contribution in [0, 0.1) is 10.7 Å². The Bertz CT molecular complexity index is 356. The zero-order chi connectivity index (χ0) is 12.0. The van der Waals surface area contributed by atoms with Crippen molar-refractivity contribution in [1.82, 2.24) is 14.8 Å². The van der Waals surface area contributed by atoms with Crippen molar-refractivity contribution < 1.29 is 4.74 Å². The van der Waals surface area contributed by atoms with Crippen LogP contribution in [0.2, 0.25) is 0 Å². The van der Waals surface area contributed by atoms with Crippen LogP contribution in [0.15, 0.2) is 0 Å². The summed E-state index contributed by atoms with van der Waals surface area (Å²) < 4.78 is 8.12. The van der Waals surface area contributed by atoms with E-state index in [1.165, 1.54) is 0 Å². The van der Waals surface area contributed by atoms with Gasteiger partial charge in [-0.1, -0.05) is 13.8 Å². The summed E-state index contributed by atoms with van der Waals surface area (Å²) in [4.78, 5) is 0. The van der Waals surface area contributed by atoms with Gasteiger partial charge in [0.2, 0.25) is 0 Å². The van der Waals surface area contributed by atoms with E-state index in [9.17, 15) is 0 Å². The summed E-state index contributed by atoms with van der Waals surface area (Å²) in [6.07, 6.45) is 1.91. The number of nitrogens with one attached hydrogen (secondary N) is 1. The van der Waals surface area contributed by atoms with Crippen LogP contribution in [-0.4, -0.2) is 28.0 Å². The average Bonchev–Trinajstić information content (AvgIpc) is 2.56. The maximum absolute atomic E-state index is 5.31. The van der Waals surface area contributed by atoms with E-state index in [1.54, 1.807) is 0 Å². The van der Waals surface area contributed by atoms with Crippen molar-refractivity contribution in [2.45, 2.75) is 40.2 Å². The van der Waals surface area contributed by atoms with Gasteiger partial charge >= 0.3 is 0 Å². The van der Waals surface area contributed by atoms with Gasteiger partial charge in [-0.05, 0) is 31.5 Å². The minimum atomic E-state index is 0.579. The second kappa shape index (κ2) is 6.81. The van der Waals surface area contributed by atoms with Crippen LogP contribution in [0.25, 0.3) is 0 Å². The molecule has 92 valence electrons. The maximum Gasteiger partial charge on any atom is 0.195 e. The highest BCUT2D eigenvalue weighted by atomic mass is 32.1. The summed E-state index contributed by atoms with van der Waals surface area (Å²) in [6, 6.07) is 0. The van der Waals surface area contributed by atoms with E-state index in [0.29, 0.717) is 5.92 Å². The number of hydrogen-bond acceptors (Lipinski definition) is 3. The van der Waals surface area contributed by atoms with Crippen molar-refractivity contribution >= 4 is 12.2 Å². The molecule has 0 radical (unpaired) electrons. The number of hydrogen-bond donors (Lipinski definition) is 1. The Kier molecular flexibility index (Phi) is 5.69. The highest BCUT2D eigenvalue weighted by Crippen LogP contribution is 2.06. The van der Waals surface area contributed by atoms with Gasteiger partial charge in [-0.15, -0.1) is 0 Å². The SMILES string of the molecule is CCOCCCc1n[nH]c(=S)n1CC(C)C. The smallest absolute Gasteiger partial charge is 0.195 e. The molecule has 0 aliphatic carbocycles. The van der Waals surface area contributed by atoms with Crippen molar-refractivity contribution in [3.05, 3.63) is 10.6 Å². The summed E-state index contributed by atoms with van der Waals surface area (Å²) in [7, 11) is 0. The predicted molar refractivity (Wildman–Crippen MR) is 67.1 cm³/mol. The second-order valence-corrected chi connectivity index (χ2v) is 4.64. The van der Waals surface area contributed by atoms with Crippen LogP contribution >= 0.6 is 12.2 Å². The Morgan fingerprint density at radius 2 is 2.25 bits per heavy atom. The summed E-state index contributed by atoms with van der Waals surface area (Å²) in [5.41, 5.74) is 0. The van der Waals surface area contributed by atoms with Crippen LogP contribution in [0.1, 0.15) is 33.0 Å². The minimum absolute atomic E-state index is 0.579. The molecule has 0 aromatic carbocycles. The van der Waals surface area contributed by atoms with Gasteiger partial charge in [0.05, 0.1) is 0 Å². The van der Waals surface area contributed by atoms with Crippen molar-refractivity contribution in [3.8, 4) is 0 Å². The molecule has 0 amide bonds. The lowest BCUT2D eigenvalue weighted by atomic mass is 10.2. The fourth-order valence-corrected chi connectivity index (χ4v) is 1.80. The molecule has 0 fully saturated rings. The Morgan fingerprint density at radius 1 is 1.50 bits per heavy atom. The molecule has 5 heteroatoms. The quantitative estimate of drug-likeness (QED) is 0.591. The predicted octanol–water partition coefficient (Wildman–Crippen LogP) is 2.57. The largest absolute Gasteiger partial charge is 0.382 e. The molecule has 1 rings (SSSR count). The third-order valence-electron chi connectivity index (χ3n) is 2.28. The lowest BCUT2D eigenvalue weighted by Crippen LogP contribution is -2.09. The molecule has 1 N–H and O–H groups in total. The van der Waals surface area contributed by atoms with Crippen molar-refractivity contribution in [3.63, 3.8) is 0 Å². The normalized spacial score (nSPS) is 11.2. The van der Waals surface area contributed by atoms with Gasteiger partial charge < -0.3 is 9.30 Å². The zero-order valence-electron chi connectivity index (χ0n) is 10.3. The second-order valence-electron chi connectivity index (χ2n) is 4.25. The average molecular weight is 243 g/mol. The standard InChI is InChI=1S/C11H21N3OS/c1-4-15-7-5-6-10-12-13-11(16)14(10)8-9(2)3/h9H,4-8H2,1-3H3,(H,13,16). The van der Waals surface area contributed by atoms with Crippen molar-refractivity contribution in [2.75, 3.05) is 13.2 Å². The molecule has 4 nitrogen and oxygen atoms in total. The molecule has 0 unspecified atom stereocenters. The lowest BCUT2D eigenvalue weighted by Gasteiger charge is -2.09. The summed E-state index contributed by atoms with van der Waals surface area (Å²) in [5.74, 6) is 1.62. The number of H-pyrrole nitrogens is 1. The number of aromatic amines is 1. The van der Waals surface area contributed by atoms with E-state index in [1.807, 2.05) is 6.92 Å². The van der Waals surface area contributed by atoms with Crippen LogP contribution in [0.3, 0.4) is 0 Å². The van der Waals surface area contributed by atoms with Gasteiger partial charge in [-0.25, -0.2) is 0 Å². The van der Waals surface area contributed by atoms with E-state index in [4.69, 9.17) is 17.0 Å². The van der Waals surface area contributed by atoms with Crippen LogP contribution in [-0.2, 0) is 17.7 Å². The topological polar surface area (TPSA) is 42.8 Å². The Morgan fingerprint density at radius 3 is 2.88 bits per heavy atom. The van der Waals surface area contributed by atoms with Gasteiger partial charge in [0.25, 0.3) is 0 Å². The lowest BCUT2D eigenvalue weighted by molar-refractivity contribution is 0.144. The van der Waals surface area contributed by atoms with E-state index >= 15 is 0 Å². The molecule has 1 heterocycles. The fourth-order valence-electron chi connectivity index (χ4n) is 1.57. The molecule has 0 spiro atoms. The van der Waals surface area contributed by atoms with Gasteiger partial charge in [0.15, 0.2) is 4.77 Å². The molecule has 1 aromatic heterocycles. The Hall–Kier alpha value is -0.680. The molecule has 0 aliphatic heterocycles. The third kappa shape index (κ3) is 4.06. The Labute approximate surface area is 102 Å². The number of ether oxygens (including phenoxy) is 1. The van der Waals surface area contributed by atoms with E-state index in [2.05, 4.69) is 28.6 Å². The minimum Gasteiger partial charge on any atom is -0.382 e. The Balaban J connectivity index is 2.55. The van der Waals surface area contributed by atoms with Crippen molar-refractivity contribution in [2.24, 2.45) is 5.92 Å². The first-order chi connectivity index (χ1) is 7.65. The maximum atomic E-state index is 5.31. The molecule has 0 saturated carbocycles. The molecule has 0 saturated heterocycles. The number of rotatable bonds is 7. The van der Waals surface area contributed by atoms with E-state index in [-0.39, 0.29) is 0 Å². The van der Waals surface area contributed by atoms with Crippen molar-refractivity contribution in [1.29, 1.82) is 0 Å². The molecule has 0 atom stereocenters. The van der Waals surface area contributed by atoms with Gasteiger partial charge in [-0.2, -0.15) is 5.10 Å². The molecular formula is C11H21N3OS. The van der Waals surface area contributed by atoms with Gasteiger partial charge in [0, 0.05) is 26.2 Å². The number of aryl methyl sites for hydroxylation is 1. The fraction of sp³-hybridized carbons (Fsp3) is 0.818. The van der Waals surface area contributed by atoms with Crippen LogP contribution in [0.4, 0.5) is 0 Å². The molecule has 0 bridgehead atoms. The highest BCUT2D eigenvalue weighted by molar-refractivity contribution is 7.71. The van der Waals surface area contributed by atoms with Crippen LogP contribution in [0.5, 0.6) is 0 Å². The molecule has 1 aromatic rings. The first-order valence-electron chi connectivity index (χ1n) is 5.87. The number of nitrogens with zero attached hydrogens (tertiary/aromatic N) is 2. The van der Waals surface area contributed by atoms with E-state index < -0.39 is 0 Å². The number of aromatic nitrogens is 3. The van der Waals surface area contributed by atoms with Gasteiger partial charge in [0.1, 0.15) is 5.82 Å². The first-order valence-corrected chi connectivity index (χ1v) is 6.27. The summed E-state index contributed by atoms with van der Waals surface area (Å²) in [6.45, 7) is 8.86. The van der Waals surface area contributed by atoms with E-state index in [0.717, 1.165) is 43.2 Å². The van der Waals surface area contributed by atoms with Crippen LogP contribution < -0.4 is 0 Å². The monoisotopic (exact) mass is 243 g/mol. The van der Waals surface area contributed by atoms with Gasteiger partial charge in [-0.3, -0.25) is 5.10 Å². The summed E-state index contributed by atoms with van der Waals surface area (Å²) >= 11 is 5.21. The third-order valence-corrected chi connectivity index (χ3v) is 2.59. The first kappa shape index (κ1) is 13.4. The zero-order valence-corrected chi connectivity index (χ0v) is 11.1. The molecule has 16 heavy (non-hydrogen) atoms.